The van der Waals surface area contributed by atoms with Gasteiger partial charge >= 0.3 is 0 Å². The third-order valence-corrected chi connectivity index (χ3v) is 4.08. The number of sulfonamides is 1. The number of hydrogen-bond donors (Lipinski definition) is 1. The van der Waals surface area contributed by atoms with Crippen LogP contribution in [0.1, 0.15) is 28.7 Å². The minimum atomic E-state index is -3.83. The second kappa shape index (κ2) is 5.61. The van der Waals surface area contributed by atoms with Gasteiger partial charge in [0, 0.05) is 17.0 Å². The molecule has 0 radical (unpaired) electrons. The highest BCUT2D eigenvalue weighted by Gasteiger charge is 2.17. The van der Waals surface area contributed by atoms with Gasteiger partial charge in [0.25, 0.3) is 10.0 Å². The molecule has 0 saturated heterocycles. The van der Waals surface area contributed by atoms with Crippen LogP contribution < -0.4 is 4.72 Å². The van der Waals surface area contributed by atoms with Crippen molar-refractivity contribution in [3.05, 3.63) is 47.3 Å². The summed E-state index contributed by atoms with van der Waals surface area (Å²) < 4.78 is 26.9. The van der Waals surface area contributed by atoms with Gasteiger partial charge in [0.2, 0.25) is 5.95 Å². The number of nitrogens with one attached hydrogen (secondary N) is 1. The van der Waals surface area contributed by atoms with Gasteiger partial charge in [0.1, 0.15) is 0 Å². The Hall–Kier alpha value is -2.28. The molecule has 0 aliphatic carbocycles. The predicted octanol–water partition coefficient (Wildman–Crippen LogP) is 2.10. The average molecular weight is 305 g/mol. The van der Waals surface area contributed by atoms with Gasteiger partial charge in [-0.15, -0.1) is 0 Å². The number of hydrogen-bond acceptors (Lipinski definition) is 5. The fourth-order valence-corrected chi connectivity index (χ4v) is 2.82. The van der Waals surface area contributed by atoms with Gasteiger partial charge in [0.15, 0.2) is 5.78 Å². The van der Waals surface area contributed by atoms with Crippen LogP contribution >= 0.6 is 0 Å². The molecule has 0 aliphatic rings. The molecule has 0 amide bonds. The summed E-state index contributed by atoms with van der Waals surface area (Å²) in [6.45, 7) is 4.89. The summed E-state index contributed by atoms with van der Waals surface area (Å²) >= 11 is 0. The van der Waals surface area contributed by atoms with E-state index in [1.807, 2.05) is 0 Å². The molecule has 0 atom stereocenters. The minimum absolute atomic E-state index is 0.00189. The van der Waals surface area contributed by atoms with E-state index < -0.39 is 10.0 Å². The average Bonchev–Trinajstić information content (AvgIpc) is 2.37. The monoisotopic (exact) mass is 305 g/mol. The van der Waals surface area contributed by atoms with Crippen LogP contribution in [0.5, 0.6) is 0 Å². The molecule has 1 aromatic heterocycles. The van der Waals surface area contributed by atoms with Crippen LogP contribution in [-0.2, 0) is 10.0 Å². The van der Waals surface area contributed by atoms with E-state index in [1.54, 1.807) is 26.0 Å². The molecule has 0 fully saturated rings. The lowest BCUT2D eigenvalue weighted by atomic mass is 10.2. The first-order valence-electron chi connectivity index (χ1n) is 6.24. The summed E-state index contributed by atoms with van der Waals surface area (Å²) in [5.74, 6) is -0.185. The maximum atomic E-state index is 12.3. The molecule has 1 aromatic carbocycles. The fraction of sp³-hybridized carbons (Fsp3) is 0.214. The normalized spacial score (nSPS) is 11.2. The molecule has 1 N–H and O–H groups in total. The number of rotatable bonds is 4. The SMILES string of the molecule is CC(=O)c1cccc(S(=O)(=O)Nc2nc(C)cc(C)n2)c1. The van der Waals surface area contributed by atoms with Crippen LogP contribution in [-0.4, -0.2) is 24.2 Å². The molecule has 0 saturated carbocycles. The molecule has 0 unspecified atom stereocenters. The third-order valence-electron chi connectivity index (χ3n) is 2.76. The molecular weight excluding hydrogens is 290 g/mol. The second-order valence-electron chi connectivity index (χ2n) is 4.66. The van der Waals surface area contributed by atoms with Crippen LogP contribution in [0.15, 0.2) is 35.2 Å². The lowest BCUT2D eigenvalue weighted by Crippen LogP contribution is -2.16. The zero-order chi connectivity index (χ0) is 15.6. The van der Waals surface area contributed by atoms with E-state index in [2.05, 4.69) is 14.7 Å². The number of nitrogens with zero attached hydrogens (tertiary/aromatic N) is 2. The van der Waals surface area contributed by atoms with Gasteiger partial charge in [-0.2, -0.15) is 0 Å². The summed E-state index contributed by atoms with van der Waals surface area (Å²) in [4.78, 5) is 19.4. The lowest BCUT2D eigenvalue weighted by Gasteiger charge is -2.08. The molecule has 110 valence electrons. The van der Waals surface area contributed by atoms with Crippen molar-refractivity contribution in [2.24, 2.45) is 0 Å². The summed E-state index contributed by atoms with van der Waals surface area (Å²) in [7, 11) is -3.83. The molecule has 0 bridgehead atoms. The van der Waals surface area contributed by atoms with E-state index in [-0.39, 0.29) is 16.6 Å². The number of carbonyl (C=O) groups is 1. The number of carbonyl (C=O) groups excluding carboxylic acids is 1. The van der Waals surface area contributed by atoms with Gasteiger partial charge in [0.05, 0.1) is 4.90 Å². The summed E-state index contributed by atoms with van der Waals surface area (Å²) in [5, 5.41) is 0. The van der Waals surface area contributed by atoms with E-state index in [0.717, 1.165) is 0 Å². The first kappa shape index (κ1) is 15.1. The van der Waals surface area contributed by atoms with Crippen molar-refractivity contribution in [2.75, 3.05) is 4.72 Å². The van der Waals surface area contributed by atoms with Crippen LogP contribution in [0.2, 0.25) is 0 Å². The maximum absolute atomic E-state index is 12.3. The first-order valence-corrected chi connectivity index (χ1v) is 7.72. The number of aromatic nitrogens is 2. The summed E-state index contributed by atoms with van der Waals surface area (Å²) in [5.41, 5.74) is 1.66. The van der Waals surface area contributed by atoms with Crippen LogP contribution in [0, 0.1) is 13.8 Å². The van der Waals surface area contributed by atoms with E-state index in [9.17, 15) is 13.2 Å². The Bertz CT molecular complexity index is 781. The van der Waals surface area contributed by atoms with Gasteiger partial charge in [-0.25, -0.2) is 23.1 Å². The molecule has 2 aromatic rings. The standard InChI is InChI=1S/C14H15N3O3S/c1-9-7-10(2)16-14(15-9)17-21(19,20)13-6-4-5-12(8-13)11(3)18/h4-8H,1-3H3,(H,15,16,17). The number of ketones is 1. The van der Waals surface area contributed by atoms with E-state index in [0.29, 0.717) is 17.0 Å². The van der Waals surface area contributed by atoms with Crippen molar-refractivity contribution in [2.45, 2.75) is 25.7 Å². The molecule has 2 rings (SSSR count). The second-order valence-corrected chi connectivity index (χ2v) is 6.35. The summed E-state index contributed by atoms with van der Waals surface area (Å²) in [6, 6.07) is 7.57. The van der Waals surface area contributed by atoms with Gasteiger partial charge < -0.3 is 0 Å². The molecule has 21 heavy (non-hydrogen) atoms. The largest absolute Gasteiger partial charge is 0.295 e. The van der Waals surface area contributed by atoms with E-state index in [1.165, 1.54) is 25.1 Å². The highest BCUT2D eigenvalue weighted by molar-refractivity contribution is 7.92. The van der Waals surface area contributed by atoms with Gasteiger partial charge in [-0.3, -0.25) is 4.79 Å². The Kier molecular flexibility index (Phi) is 4.04. The Morgan fingerprint density at radius 1 is 1.10 bits per heavy atom. The first-order chi connectivity index (χ1) is 9.78. The number of aryl methyl sites for hydroxylation is 2. The molecule has 0 aliphatic heterocycles. The minimum Gasteiger partial charge on any atom is -0.295 e. The van der Waals surface area contributed by atoms with Gasteiger partial charge in [-0.1, -0.05) is 12.1 Å². The highest BCUT2D eigenvalue weighted by Crippen LogP contribution is 2.15. The number of anilines is 1. The lowest BCUT2D eigenvalue weighted by molar-refractivity contribution is 0.101. The Labute approximate surface area is 123 Å². The Morgan fingerprint density at radius 3 is 2.29 bits per heavy atom. The fourth-order valence-electron chi connectivity index (χ4n) is 1.83. The van der Waals surface area contributed by atoms with Crippen LogP contribution in [0.4, 0.5) is 5.95 Å². The summed E-state index contributed by atoms with van der Waals surface area (Å²) in [6.07, 6.45) is 0. The Morgan fingerprint density at radius 2 is 1.71 bits per heavy atom. The smallest absolute Gasteiger partial charge is 0.264 e. The highest BCUT2D eigenvalue weighted by atomic mass is 32.2. The molecular formula is C14H15N3O3S. The zero-order valence-electron chi connectivity index (χ0n) is 11.9. The molecule has 1 heterocycles. The van der Waals surface area contributed by atoms with Crippen molar-refractivity contribution in [3.63, 3.8) is 0 Å². The van der Waals surface area contributed by atoms with Crippen molar-refractivity contribution < 1.29 is 13.2 Å². The van der Waals surface area contributed by atoms with Crippen molar-refractivity contribution in [1.29, 1.82) is 0 Å². The van der Waals surface area contributed by atoms with Crippen molar-refractivity contribution in [1.82, 2.24) is 9.97 Å². The third kappa shape index (κ3) is 3.63. The Balaban J connectivity index is 2.38. The quantitative estimate of drug-likeness (QED) is 0.874. The van der Waals surface area contributed by atoms with E-state index >= 15 is 0 Å². The van der Waals surface area contributed by atoms with Gasteiger partial charge in [-0.05, 0) is 39.0 Å². The van der Waals surface area contributed by atoms with E-state index in [4.69, 9.17) is 0 Å². The maximum Gasteiger partial charge on any atom is 0.264 e. The van der Waals surface area contributed by atoms with Crippen molar-refractivity contribution in [3.8, 4) is 0 Å². The zero-order valence-corrected chi connectivity index (χ0v) is 12.7. The number of Topliss-reactive ketones (excluding diaryl/α,β-unsaturated/α-hetero) is 1. The van der Waals surface area contributed by atoms with Crippen LogP contribution in [0.25, 0.3) is 0 Å². The number of benzene rings is 1. The topological polar surface area (TPSA) is 89.0 Å². The molecule has 0 spiro atoms. The molecule has 6 nitrogen and oxygen atoms in total. The predicted molar refractivity (Wildman–Crippen MR) is 78.8 cm³/mol. The van der Waals surface area contributed by atoms with Crippen molar-refractivity contribution >= 4 is 21.8 Å². The molecule has 7 heteroatoms. The van der Waals surface area contributed by atoms with Crippen LogP contribution in [0.3, 0.4) is 0 Å².